The van der Waals surface area contributed by atoms with Gasteiger partial charge in [-0.05, 0) is 38.0 Å². The van der Waals surface area contributed by atoms with Crippen molar-refractivity contribution in [2.75, 3.05) is 0 Å². The molecule has 0 radical (unpaired) electrons. The molecule has 0 aliphatic heterocycles. The van der Waals surface area contributed by atoms with Gasteiger partial charge >= 0.3 is 5.97 Å². The van der Waals surface area contributed by atoms with Crippen molar-refractivity contribution >= 4 is 5.97 Å². The predicted molar refractivity (Wildman–Crippen MR) is 58.5 cm³/mol. The lowest BCUT2D eigenvalue weighted by Crippen LogP contribution is -2.29. The Balaban J connectivity index is 2.52. The van der Waals surface area contributed by atoms with E-state index in [9.17, 15) is 9.90 Å². The summed E-state index contributed by atoms with van der Waals surface area (Å²) in [6.07, 6.45) is 2.38. The number of hydrogen-bond acceptors (Lipinski definition) is 2. The molecule has 0 saturated heterocycles. The molecule has 1 aliphatic rings. The van der Waals surface area contributed by atoms with Crippen LogP contribution < -0.4 is 0 Å². The van der Waals surface area contributed by atoms with E-state index in [0.717, 1.165) is 18.4 Å². The van der Waals surface area contributed by atoms with E-state index < -0.39 is 11.6 Å². The number of aliphatic carboxylic acids is 1. The van der Waals surface area contributed by atoms with E-state index in [2.05, 4.69) is 6.58 Å². The van der Waals surface area contributed by atoms with Crippen LogP contribution in [0.1, 0.15) is 39.5 Å². The minimum Gasteiger partial charge on any atom is -0.481 e. The van der Waals surface area contributed by atoms with Crippen molar-refractivity contribution in [2.24, 2.45) is 11.8 Å². The Morgan fingerprint density at radius 1 is 1.53 bits per heavy atom. The Morgan fingerprint density at radius 3 is 2.53 bits per heavy atom. The molecule has 3 atom stereocenters. The molecule has 1 saturated carbocycles. The lowest BCUT2D eigenvalue weighted by molar-refractivity contribution is -0.136. The second kappa shape index (κ2) is 4.35. The second-order valence-electron chi connectivity index (χ2n) is 4.84. The van der Waals surface area contributed by atoms with Gasteiger partial charge in [-0.1, -0.05) is 19.1 Å². The van der Waals surface area contributed by atoms with Gasteiger partial charge < -0.3 is 10.2 Å². The molecule has 0 unspecified atom stereocenters. The summed E-state index contributed by atoms with van der Waals surface area (Å²) in [4.78, 5) is 10.4. The van der Waals surface area contributed by atoms with Gasteiger partial charge in [0.1, 0.15) is 0 Å². The molecule has 0 spiro atoms. The van der Waals surface area contributed by atoms with E-state index in [1.807, 2.05) is 13.8 Å². The molecule has 0 aromatic heterocycles. The minimum atomic E-state index is -0.784. The van der Waals surface area contributed by atoms with Gasteiger partial charge in [-0.15, -0.1) is 0 Å². The highest BCUT2D eigenvalue weighted by Gasteiger charge is 2.41. The zero-order valence-corrected chi connectivity index (χ0v) is 9.49. The number of hydrogen-bond donors (Lipinski definition) is 2. The highest BCUT2D eigenvalue weighted by molar-refractivity contribution is 5.67. The molecule has 15 heavy (non-hydrogen) atoms. The zero-order valence-electron chi connectivity index (χ0n) is 9.49. The van der Waals surface area contributed by atoms with E-state index in [1.54, 1.807) is 0 Å². The molecule has 1 aliphatic carbocycles. The molecule has 1 rings (SSSR count). The molecule has 2 N–H and O–H groups in total. The fourth-order valence-corrected chi connectivity index (χ4v) is 2.37. The first-order valence-electron chi connectivity index (χ1n) is 5.46. The maximum atomic E-state index is 10.4. The number of carbonyl (C=O) groups is 1. The van der Waals surface area contributed by atoms with Crippen molar-refractivity contribution in [3.8, 4) is 0 Å². The van der Waals surface area contributed by atoms with Gasteiger partial charge in [-0.3, -0.25) is 4.79 Å². The van der Waals surface area contributed by atoms with Crippen LogP contribution in [0.25, 0.3) is 0 Å². The van der Waals surface area contributed by atoms with Crippen LogP contribution in [-0.2, 0) is 4.79 Å². The Labute approximate surface area is 90.8 Å². The molecule has 3 nitrogen and oxygen atoms in total. The summed E-state index contributed by atoms with van der Waals surface area (Å²) in [5.41, 5.74) is 0.360. The van der Waals surface area contributed by atoms with Gasteiger partial charge in [0.2, 0.25) is 0 Å². The summed E-state index contributed by atoms with van der Waals surface area (Å²) in [5.74, 6) is -0.327. The Hall–Kier alpha value is -0.830. The van der Waals surface area contributed by atoms with Crippen LogP contribution in [0.3, 0.4) is 0 Å². The molecule has 0 amide bonds. The molecule has 0 bridgehead atoms. The molecule has 0 aromatic rings. The van der Waals surface area contributed by atoms with Crippen molar-refractivity contribution in [3.05, 3.63) is 12.2 Å². The van der Waals surface area contributed by atoms with Crippen LogP contribution in [0.5, 0.6) is 0 Å². The SMILES string of the molecule is C=C(CCC(=O)O)[C@H]1CC[C@](C)(O)[C@@H]1C. The van der Waals surface area contributed by atoms with E-state index >= 15 is 0 Å². The third-order valence-corrected chi connectivity index (χ3v) is 3.73. The highest BCUT2D eigenvalue weighted by Crippen LogP contribution is 2.43. The Kier molecular flexibility index (Phi) is 3.55. The first-order chi connectivity index (χ1) is 6.84. The summed E-state index contributed by atoms with van der Waals surface area (Å²) in [7, 11) is 0. The third kappa shape index (κ3) is 2.81. The molecular formula is C12H20O3. The van der Waals surface area contributed by atoms with E-state index in [0.29, 0.717) is 6.42 Å². The highest BCUT2D eigenvalue weighted by atomic mass is 16.4. The minimum absolute atomic E-state index is 0.143. The van der Waals surface area contributed by atoms with Crippen molar-refractivity contribution in [1.29, 1.82) is 0 Å². The number of rotatable bonds is 4. The maximum absolute atomic E-state index is 10.4. The van der Waals surface area contributed by atoms with E-state index in [4.69, 9.17) is 5.11 Å². The number of aliphatic hydroxyl groups is 1. The van der Waals surface area contributed by atoms with Gasteiger partial charge in [0.15, 0.2) is 0 Å². The molecule has 86 valence electrons. The van der Waals surface area contributed by atoms with Crippen molar-refractivity contribution in [2.45, 2.75) is 45.1 Å². The largest absolute Gasteiger partial charge is 0.481 e. The average Bonchev–Trinajstić information content (AvgIpc) is 2.39. The molecule has 3 heteroatoms. The standard InChI is InChI=1S/C12H20O3/c1-8(4-5-11(13)14)10-6-7-12(3,15)9(10)2/h9-10,15H,1,4-7H2,2-3H3,(H,13,14)/t9-,10-,12+/m1/s1. The average molecular weight is 212 g/mol. The summed E-state index contributed by atoms with van der Waals surface area (Å²) in [6, 6.07) is 0. The van der Waals surface area contributed by atoms with Crippen LogP contribution in [0.4, 0.5) is 0 Å². The molecule has 1 fully saturated rings. The van der Waals surface area contributed by atoms with Gasteiger partial charge in [0.05, 0.1) is 5.60 Å². The fraction of sp³-hybridized carbons (Fsp3) is 0.750. The van der Waals surface area contributed by atoms with Gasteiger partial charge in [-0.25, -0.2) is 0 Å². The second-order valence-corrected chi connectivity index (χ2v) is 4.84. The molecule has 0 aromatic carbocycles. The van der Waals surface area contributed by atoms with Gasteiger partial charge in [-0.2, -0.15) is 0 Å². The first-order valence-corrected chi connectivity index (χ1v) is 5.46. The number of carboxylic acids is 1. The normalized spacial score (nSPS) is 35.4. The lowest BCUT2D eigenvalue weighted by Gasteiger charge is -2.26. The monoisotopic (exact) mass is 212 g/mol. The predicted octanol–water partition coefficient (Wildman–Crippen LogP) is 2.20. The third-order valence-electron chi connectivity index (χ3n) is 3.73. The van der Waals surface area contributed by atoms with Crippen LogP contribution in [0, 0.1) is 11.8 Å². The zero-order chi connectivity index (χ0) is 11.6. The van der Waals surface area contributed by atoms with Crippen molar-refractivity contribution < 1.29 is 15.0 Å². The molecular weight excluding hydrogens is 192 g/mol. The Morgan fingerprint density at radius 2 is 2.13 bits per heavy atom. The number of allylic oxidation sites excluding steroid dienone is 1. The topological polar surface area (TPSA) is 57.5 Å². The fourth-order valence-electron chi connectivity index (χ4n) is 2.37. The van der Waals surface area contributed by atoms with Crippen LogP contribution >= 0.6 is 0 Å². The van der Waals surface area contributed by atoms with Crippen molar-refractivity contribution in [3.63, 3.8) is 0 Å². The summed E-state index contributed by atoms with van der Waals surface area (Å²) in [5, 5.41) is 18.6. The van der Waals surface area contributed by atoms with Crippen molar-refractivity contribution in [1.82, 2.24) is 0 Å². The van der Waals surface area contributed by atoms with Gasteiger partial charge in [0, 0.05) is 6.42 Å². The van der Waals surface area contributed by atoms with E-state index in [1.165, 1.54) is 0 Å². The summed E-state index contributed by atoms with van der Waals surface area (Å²) < 4.78 is 0. The number of carboxylic acid groups (broad SMARTS) is 1. The van der Waals surface area contributed by atoms with Crippen LogP contribution in [0.15, 0.2) is 12.2 Å². The Bertz CT molecular complexity index is 268. The first kappa shape index (κ1) is 12.2. The quantitative estimate of drug-likeness (QED) is 0.702. The van der Waals surface area contributed by atoms with Gasteiger partial charge in [0.25, 0.3) is 0 Å². The summed E-state index contributed by atoms with van der Waals surface area (Å²) >= 11 is 0. The molecule has 0 heterocycles. The van der Waals surface area contributed by atoms with Crippen LogP contribution in [0.2, 0.25) is 0 Å². The maximum Gasteiger partial charge on any atom is 0.303 e. The smallest absolute Gasteiger partial charge is 0.303 e. The lowest BCUT2D eigenvalue weighted by atomic mass is 9.83. The summed E-state index contributed by atoms with van der Waals surface area (Å²) in [6.45, 7) is 7.82. The van der Waals surface area contributed by atoms with E-state index in [-0.39, 0.29) is 18.3 Å². The van der Waals surface area contributed by atoms with Crippen LogP contribution in [-0.4, -0.2) is 21.8 Å².